The third-order valence-electron chi connectivity index (χ3n) is 3.79. The first kappa shape index (κ1) is 17.0. The Bertz CT molecular complexity index is 1040. The van der Waals surface area contributed by atoms with Crippen molar-refractivity contribution in [1.82, 2.24) is 4.98 Å². The highest BCUT2D eigenvalue weighted by Gasteiger charge is 2.22. The minimum absolute atomic E-state index is 0.00383. The summed E-state index contributed by atoms with van der Waals surface area (Å²) in [5.74, 6) is 0.0709. The molecule has 0 fully saturated rings. The number of carbonyl (C=O) groups excluding carboxylic acids is 1. The fourth-order valence-corrected chi connectivity index (χ4v) is 3.44. The van der Waals surface area contributed by atoms with Crippen molar-refractivity contribution in [3.05, 3.63) is 63.2 Å². The zero-order valence-electron chi connectivity index (χ0n) is 13.8. The van der Waals surface area contributed by atoms with E-state index in [4.69, 9.17) is 14.2 Å². The van der Waals surface area contributed by atoms with Crippen LogP contribution in [0.5, 0.6) is 11.5 Å². The average molecular weight is 384 g/mol. The van der Waals surface area contributed by atoms with Crippen LogP contribution >= 0.6 is 11.3 Å². The molecule has 1 aromatic heterocycles. The molecule has 0 amide bonds. The minimum Gasteiger partial charge on any atom is -0.455 e. The van der Waals surface area contributed by atoms with Gasteiger partial charge in [0.1, 0.15) is 11.6 Å². The summed E-state index contributed by atoms with van der Waals surface area (Å²) in [5, 5.41) is 11.9. The van der Waals surface area contributed by atoms with E-state index < -0.39 is 10.9 Å². The van der Waals surface area contributed by atoms with Gasteiger partial charge in [-0.2, -0.15) is 0 Å². The maximum atomic E-state index is 12.0. The normalized spacial score (nSPS) is 12.6. The number of para-hydroxylation sites is 1. The number of rotatable bonds is 5. The maximum absolute atomic E-state index is 12.0. The smallest absolute Gasteiger partial charge is 0.331 e. The van der Waals surface area contributed by atoms with Crippen LogP contribution in [-0.2, 0) is 16.1 Å². The molecular weight excluding hydrogens is 372 g/mol. The molecular formula is C18H12N2O6S. The Hall–Kier alpha value is -3.46. The summed E-state index contributed by atoms with van der Waals surface area (Å²) in [7, 11) is 0. The van der Waals surface area contributed by atoms with Gasteiger partial charge in [0.05, 0.1) is 26.8 Å². The highest BCUT2D eigenvalue weighted by molar-refractivity contribution is 7.18. The summed E-state index contributed by atoms with van der Waals surface area (Å²) in [6.45, 7) is 0.0373. The first-order valence-corrected chi connectivity index (χ1v) is 8.69. The van der Waals surface area contributed by atoms with Crippen LogP contribution in [0.1, 0.15) is 10.6 Å². The molecule has 0 radical (unpaired) electrons. The lowest BCUT2D eigenvalue weighted by Gasteiger charge is -2.01. The number of carbonyl (C=O) groups is 1. The van der Waals surface area contributed by atoms with Crippen LogP contribution in [0, 0.1) is 10.1 Å². The third kappa shape index (κ3) is 3.58. The van der Waals surface area contributed by atoms with Gasteiger partial charge in [-0.05, 0) is 24.3 Å². The van der Waals surface area contributed by atoms with Crippen molar-refractivity contribution in [2.24, 2.45) is 0 Å². The SMILES string of the molecule is O=C(/C=C/c1cc2c(cc1[N+](=O)[O-])OCO2)OCc1nc2ccccc2s1. The van der Waals surface area contributed by atoms with E-state index in [0.717, 1.165) is 16.3 Å². The van der Waals surface area contributed by atoms with E-state index >= 15 is 0 Å². The monoisotopic (exact) mass is 384 g/mol. The number of thiazole rings is 1. The molecule has 1 aliphatic rings. The molecule has 0 unspecified atom stereocenters. The van der Waals surface area contributed by atoms with Gasteiger partial charge in [-0.3, -0.25) is 10.1 Å². The van der Waals surface area contributed by atoms with E-state index in [1.807, 2.05) is 24.3 Å². The highest BCUT2D eigenvalue weighted by atomic mass is 32.1. The molecule has 27 heavy (non-hydrogen) atoms. The van der Waals surface area contributed by atoms with E-state index in [9.17, 15) is 14.9 Å². The molecule has 0 atom stereocenters. The van der Waals surface area contributed by atoms with Crippen LogP contribution in [0.3, 0.4) is 0 Å². The molecule has 0 saturated carbocycles. The Labute approximate surface area is 156 Å². The van der Waals surface area contributed by atoms with Crippen molar-refractivity contribution in [2.75, 3.05) is 6.79 Å². The van der Waals surface area contributed by atoms with E-state index in [1.165, 1.54) is 29.5 Å². The molecule has 3 aromatic rings. The fraction of sp³-hybridized carbons (Fsp3) is 0.111. The molecule has 0 spiro atoms. The van der Waals surface area contributed by atoms with Crippen molar-refractivity contribution in [2.45, 2.75) is 6.61 Å². The van der Waals surface area contributed by atoms with Crippen LogP contribution in [0.4, 0.5) is 5.69 Å². The van der Waals surface area contributed by atoms with Gasteiger partial charge in [-0.1, -0.05) is 12.1 Å². The lowest BCUT2D eigenvalue weighted by molar-refractivity contribution is -0.385. The topological polar surface area (TPSA) is 101 Å². The summed E-state index contributed by atoms with van der Waals surface area (Å²) in [6, 6.07) is 10.4. The fourth-order valence-electron chi connectivity index (χ4n) is 2.56. The van der Waals surface area contributed by atoms with Crippen LogP contribution in [0.25, 0.3) is 16.3 Å². The van der Waals surface area contributed by atoms with Gasteiger partial charge < -0.3 is 14.2 Å². The molecule has 4 rings (SSSR count). The van der Waals surface area contributed by atoms with E-state index in [2.05, 4.69) is 4.98 Å². The van der Waals surface area contributed by atoms with Crippen LogP contribution < -0.4 is 9.47 Å². The molecule has 0 bridgehead atoms. The molecule has 2 aromatic carbocycles. The molecule has 9 heteroatoms. The standard InChI is InChI=1S/C18H12N2O6S/c21-18(24-9-17-19-12-3-1-2-4-16(12)27-17)6-5-11-7-14-15(26-10-25-14)8-13(11)20(22)23/h1-8H,9-10H2/b6-5+. The highest BCUT2D eigenvalue weighted by Crippen LogP contribution is 2.38. The Morgan fingerprint density at radius 2 is 2.07 bits per heavy atom. The predicted octanol–water partition coefficient (Wildman–Crippen LogP) is 3.69. The molecule has 0 N–H and O–H groups in total. The number of benzene rings is 2. The van der Waals surface area contributed by atoms with Gasteiger partial charge in [0.15, 0.2) is 11.5 Å². The number of nitrogens with zero attached hydrogens (tertiary/aromatic N) is 2. The second-order valence-corrected chi connectivity index (χ2v) is 6.65. The number of esters is 1. The first-order chi connectivity index (χ1) is 13.1. The summed E-state index contributed by atoms with van der Waals surface area (Å²) in [5.41, 5.74) is 0.885. The quantitative estimate of drug-likeness (QED) is 0.286. The van der Waals surface area contributed by atoms with Crippen molar-refractivity contribution in [3.8, 4) is 11.5 Å². The van der Waals surface area contributed by atoms with Gasteiger partial charge in [0.2, 0.25) is 6.79 Å². The zero-order chi connectivity index (χ0) is 18.8. The van der Waals surface area contributed by atoms with Crippen molar-refractivity contribution in [1.29, 1.82) is 0 Å². The van der Waals surface area contributed by atoms with Gasteiger partial charge in [0, 0.05) is 6.08 Å². The minimum atomic E-state index is -0.624. The predicted molar refractivity (Wildman–Crippen MR) is 97.7 cm³/mol. The van der Waals surface area contributed by atoms with Gasteiger partial charge >= 0.3 is 5.97 Å². The molecule has 0 saturated heterocycles. The lowest BCUT2D eigenvalue weighted by Crippen LogP contribution is -2.00. The second kappa shape index (κ2) is 7.04. The Kier molecular flexibility index (Phi) is 4.43. The van der Waals surface area contributed by atoms with Crippen molar-refractivity contribution < 1.29 is 23.9 Å². The number of nitro benzene ring substituents is 1. The Morgan fingerprint density at radius 1 is 1.30 bits per heavy atom. The summed E-state index contributed by atoms with van der Waals surface area (Å²) in [4.78, 5) is 27.0. The Balaban J connectivity index is 1.46. The number of nitro groups is 1. The van der Waals surface area contributed by atoms with Gasteiger partial charge in [0.25, 0.3) is 5.69 Å². The number of ether oxygens (including phenoxy) is 3. The van der Waals surface area contributed by atoms with E-state index in [1.54, 1.807) is 0 Å². The Morgan fingerprint density at radius 3 is 2.85 bits per heavy atom. The average Bonchev–Trinajstić information content (AvgIpc) is 3.29. The first-order valence-electron chi connectivity index (χ1n) is 7.87. The zero-order valence-corrected chi connectivity index (χ0v) is 14.6. The van der Waals surface area contributed by atoms with Crippen LogP contribution in [0.2, 0.25) is 0 Å². The van der Waals surface area contributed by atoms with E-state index in [-0.39, 0.29) is 24.7 Å². The van der Waals surface area contributed by atoms with Crippen molar-refractivity contribution in [3.63, 3.8) is 0 Å². The lowest BCUT2D eigenvalue weighted by atomic mass is 10.1. The summed E-state index contributed by atoms with van der Waals surface area (Å²) in [6.07, 6.45) is 2.46. The van der Waals surface area contributed by atoms with E-state index in [0.29, 0.717) is 16.5 Å². The molecule has 2 heterocycles. The maximum Gasteiger partial charge on any atom is 0.331 e. The molecule has 8 nitrogen and oxygen atoms in total. The summed E-state index contributed by atoms with van der Waals surface area (Å²) < 4.78 is 16.5. The molecule has 0 aliphatic carbocycles. The number of hydrogen-bond donors (Lipinski definition) is 0. The number of fused-ring (bicyclic) bond motifs is 2. The van der Waals surface area contributed by atoms with Crippen LogP contribution in [0.15, 0.2) is 42.5 Å². The number of aromatic nitrogens is 1. The van der Waals surface area contributed by atoms with Gasteiger partial charge in [-0.25, -0.2) is 9.78 Å². The molecule has 1 aliphatic heterocycles. The van der Waals surface area contributed by atoms with Crippen LogP contribution in [-0.4, -0.2) is 22.7 Å². The molecule has 136 valence electrons. The van der Waals surface area contributed by atoms with Gasteiger partial charge in [-0.15, -0.1) is 11.3 Å². The third-order valence-corrected chi connectivity index (χ3v) is 4.80. The number of hydrogen-bond acceptors (Lipinski definition) is 8. The largest absolute Gasteiger partial charge is 0.455 e. The van der Waals surface area contributed by atoms with Crippen molar-refractivity contribution >= 4 is 39.3 Å². The second-order valence-electron chi connectivity index (χ2n) is 5.54. The summed E-state index contributed by atoms with van der Waals surface area (Å²) >= 11 is 1.44.